The number of imidazole rings is 1. The molecule has 2 aromatic rings. The highest BCUT2D eigenvalue weighted by molar-refractivity contribution is 5.83. The molecule has 0 unspecified atom stereocenters. The highest BCUT2D eigenvalue weighted by Crippen LogP contribution is 2.18. The van der Waals surface area contributed by atoms with Crippen molar-refractivity contribution in [3.05, 3.63) is 6.33 Å². The number of aromatic amines is 1. The van der Waals surface area contributed by atoms with E-state index in [9.17, 15) is 0 Å². The smallest absolute Gasteiger partial charge is 0.226 e. The Labute approximate surface area is 106 Å². The topological polar surface area (TPSA) is 81.8 Å². The first-order valence-corrected chi connectivity index (χ1v) is 6.04. The molecule has 0 aliphatic rings. The van der Waals surface area contributed by atoms with Crippen molar-refractivity contribution in [2.75, 3.05) is 44.4 Å². The van der Waals surface area contributed by atoms with Gasteiger partial charge in [0.2, 0.25) is 5.95 Å². The Hall–Kier alpha value is -1.89. The number of H-pyrrole nitrogens is 1. The molecule has 0 spiro atoms. The molecule has 7 nitrogen and oxygen atoms in total. The van der Waals surface area contributed by atoms with E-state index in [0.717, 1.165) is 31.0 Å². The summed E-state index contributed by atoms with van der Waals surface area (Å²) in [6.07, 6.45) is 1.63. The lowest BCUT2D eigenvalue weighted by Gasteiger charge is -2.12. The molecular formula is C11H19N7. The van der Waals surface area contributed by atoms with Crippen molar-refractivity contribution >= 4 is 22.9 Å². The molecule has 0 fully saturated rings. The lowest BCUT2D eigenvalue weighted by molar-refractivity contribution is 0.425. The highest BCUT2D eigenvalue weighted by atomic mass is 15.2. The van der Waals surface area contributed by atoms with Gasteiger partial charge in [0.1, 0.15) is 5.52 Å². The van der Waals surface area contributed by atoms with Crippen molar-refractivity contribution in [2.24, 2.45) is 0 Å². The first-order valence-electron chi connectivity index (χ1n) is 6.04. The summed E-state index contributed by atoms with van der Waals surface area (Å²) in [5.41, 5.74) is 1.52. The maximum Gasteiger partial charge on any atom is 0.226 e. The molecule has 18 heavy (non-hydrogen) atoms. The van der Waals surface area contributed by atoms with Gasteiger partial charge in [0.25, 0.3) is 0 Å². The SMILES string of the molecule is CCNc1nc(NCCN(C)C)c2[nH]cnc2n1. The van der Waals surface area contributed by atoms with E-state index < -0.39 is 0 Å². The van der Waals surface area contributed by atoms with Crippen molar-refractivity contribution in [3.63, 3.8) is 0 Å². The van der Waals surface area contributed by atoms with Crippen molar-refractivity contribution < 1.29 is 0 Å². The Morgan fingerprint density at radius 1 is 1.28 bits per heavy atom. The highest BCUT2D eigenvalue weighted by Gasteiger charge is 2.08. The minimum atomic E-state index is 0.601. The predicted octanol–water partition coefficient (Wildman–Crippen LogP) is 0.758. The van der Waals surface area contributed by atoms with E-state index in [4.69, 9.17) is 0 Å². The van der Waals surface area contributed by atoms with E-state index in [1.54, 1.807) is 6.33 Å². The molecule has 0 radical (unpaired) electrons. The third-order valence-corrected chi connectivity index (χ3v) is 2.47. The molecule has 0 aliphatic heterocycles. The van der Waals surface area contributed by atoms with Gasteiger partial charge in [-0.2, -0.15) is 9.97 Å². The second-order valence-electron chi connectivity index (χ2n) is 4.26. The number of rotatable bonds is 6. The summed E-state index contributed by atoms with van der Waals surface area (Å²) in [7, 11) is 4.08. The van der Waals surface area contributed by atoms with Crippen LogP contribution in [-0.4, -0.2) is 58.6 Å². The molecular weight excluding hydrogens is 230 g/mol. The molecule has 0 atom stereocenters. The minimum Gasteiger partial charge on any atom is -0.367 e. The largest absolute Gasteiger partial charge is 0.367 e. The van der Waals surface area contributed by atoms with Gasteiger partial charge >= 0.3 is 0 Å². The van der Waals surface area contributed by atoms with Crippen LogP contribution in [0.15, 0.2) is 6.33 Å². The van der Waals surface area contributed by atoms with E-state index in [-0.39, 0.29) is 0 Å². The summed E-state index contributed by atoms with van der Waals surface area (Å²) in [4.78, 5) is 18.1. The fourth-order valence-corrected chi connectivity index (χ4v) is 1.60. The molecule has 98 valence electrons. The monoisotopic (exact) mass is 249 g/mol. The Morgan fingerprint density at radius 2 is 2.11 bits per heavy atom. The lowest BCUT2D eigenvalue weighted by Crippen LogP contribution is -2.21. The summed E-state index contributed by atoms with van der Waals surface area (Å²) >= 11 is 0. The van der Waals surface area contributed by atoms with Crippen molar-refractivity contribution in [3.8, 4) is 0 Å². The van der Waals surface area contributed by atoms with E-state index in [1.165, 1.54) is 0 Å². The average molecular weight is 249 g/mol. The van der Waals surface area contributed by atoms with Crippen molar-refractivity contribution in [1.82, 2.24) is 24.8 Å². The molecule has 2 aromatic heterocycles. The fourth-order valence-electron chi connectivity index (χ4n) is 1.60. The predicted molar refractivity (Wildman–Crippen MR) is 72.9 cm³/mol. The number of nitrogens with one attached hydrogen (secondary N) is 3. The van der Waals surface area contributed by atoms with Crippen LogP contribution in [0.2, 0.25) is 0 Å². The van der Waals surface area contributed by atoms with E-state index >= 15 is 0 Å². The number of hydrogen-bond donors (Lipinski definition) is 3. The fraction of sp³-hybridized carbons (Fsp3) is 0.545. The Bertz CT molecular complexity index is 505. The number of fused-ring (bicyclic) bond motifs is 1. The van der Waals surface area contributed by atoms with Gasteiger partial charge in [-0.1, -0.05) is 0 Å². The van der Waals surface area contributed by atoms with Crippen molar-refractivity contribution in [1.29, 1.82) is 0 Å². The van der Waals surface area contributed by atoms with Crippen LogP contribution < -0.4 is 10.6 Å². The normalized spacial score (nSPS) is 11.1. The summed E-state index contributed by atoms with van der Waals surface area (Å²) in [6, 6.07) is 0. The van der Waals surface area contributed by atoms with Gasteiger partial charge in [-0.15, -0.1) is 0 Å². The molecule has 0 aromatic carbocycles. The molecule has 0 bridgehead atoms. The van der Waals surface area contributed by atoms with E-state index in [2.05, 4.69) is 35.5 Å². The number of aromatic nitrogens is 4. The second-order valence-corrected chi connectivity index (χ2v) is 4.26. The zero-order valence-electron chi connectivity index (χ0n) is 11.0. The van der Waals surface area contributed by atoms with Crippen molar-refractivity contribution in [2.45, 2.75) is 6.92 Å². The van der Waals surface area contributed by atoms with Gasteiger partial charge in [0.05, 0.1) is 6.33 Å². The third-order valence-electron chi connectivity index (χ3n) is 2.47. The average Bonchev–Trinajstić information content (AvgIpc) is 2.77. The van der Waals surface area contributed by atoms with Gasteiger partial charge in [-0.25, -0.2) is 4.98 Å². The lowest BCUT2D eigenvalue weighted by atomic mass is 10.4. The molecule has 2 heterocycles. The number of anilines is 2. The quantitative estimate of drug-likeness (QED) is 0.701. The summed E-state index contributed by atoms with van der Waals surface area (Å²) in [5, 5.41) is 6.40. The Balaban J connectivity index is 2.20. The van der Waals surface area contributed by atoms with E-state index in [1.807, 2.05) is 21.0 Å². The summed E-state index contributed by atoms with van der Waals surface area (Å²) in [5.74, 6) is 1.39. The minimum absolute atomic E-state index is 0.601. The standard InChI is InChI=1S/C11H19N7/c1-4-12-11-16-9(13-5-6-18(2)3)8-10(17-11)15-7-14-8/h7H,4-6H2,1-3H3,(H3,12,13,14,15,16,17). The zero-order chi connectivity index (χ0) is 13.0. The maximum atomic E-state index is 4.44. The van der Waals surface area contributed by atoms with Crippen LogP contribution in [-0.2, 0) is 0 Å². The Kier molecular flexibility index (Phi) is 3.93. The van der Waals surface area contributed by atoms with Crippen LogP contribution in [0.25, 0.3) is 11.2 Å². The number of nitrogens with zero attached hydrogens (tertiary/aromatic N) is 4. The molecule has 2 rings (SSSR count). The van der Waals surface area contributed by atoms with Crippen LogP contribution in [0.5, 0.6) is 0 Å². The molecule has 0 saturated heterocycles. The van der Waals surface area contributed by atoms with Crippen LogP contribution >= 0.6 is 0 Å². The first-order chi connectivity index (χ1) is 8.70. The molecule has 0 aliphatic carbocycles. The van der Waals surface area contributed by atoms with Gasteiger partial charge in [0.15, 0.2) is 11.5 Å². The molecule has 3 N–H and O–H groups in total. The third kappa shape index (κ3) is 2.86. The Morgan fingerprint density at radius 3 is 2.83 bits per heavy atom. The summed E-state index contributed by atoms with van der Waals surface area (Å²) in [6.45, 7) is 4.56. The molecule has 0 amide bonds. The van der Waals surface area contributed by atoms with Crippen LogP contribution in [0.1, 0.15) is 6.92 Å². The van der Waals surface area contributed by atoms with Gasteiger partial charge in [-0.05, 0) is 21.0 Å². The number of hydrogen-bond acceptors (Lipinski definition) is 6. The maximum absolute atomic E-state index is 4.44. The molecule has 0 saturated carbocycles. The van der Waals surface area contributed by atoms with Crippen LogP contribution in [0.4, 0.5) is 11.8 Å². The van der Waals surface area contributed by atoms with E-state index in [0.29, 0.717) is 11.6 Å². The zero-order valence-corrected chi connectivity index (χ0v) is 11.0. The first kappa shape index (κ1) is 12.6. The number of likely N-dealkylation sites (N-methyl/N-ethyl adjacent to an activating group) is 1. The van der Waals surface area contributed by atoms with Gasteiger partial charge < -0.3 is 20.5 Å². The van der Waals surface area contributed by atoms with Crippen LogP contribution in [0.3, 0.4) is 0 Å². The van der Waals surface area contributed by atoms with Gasteiger partial charge in [0, 0.05) is 19.6 Å². The molecule has 7 heteroatoms. The second kappa shape index (κ2) is 5.63. The summed E-state index contributed by atoms with van der Waals surface area (Å²) < 4.78 is 0. The van der Waals surface area contributed by atoms with Gasteiger partial charge in [-0.3, -0.25) is 0 Å². The van der Waals surface area contributed by atoms with Crippen LogP contribution in [0, 0.1) is 0 Å².